The number of nitrogens with zero attached hydrogens (tertiary/aromatic N) is 1. The number of halogens is 1. The first-order valence-electron chi connectivity index (χ1n) is 6.47. The molecule has 0 unspecified atom stereocenters. The van der Waals surface area contributed by atoms with Crippen LogP contribution in [0, 0.1) is 12.7 Å². The van der Waals surface area contributed by atoms with Crippen molar-refractivity contribution >= 4 is 22.9 Å². The van der Waals surface area contributed by atoms with E-state index < -0.39 is 0 Å². The van der Waals surface area contributed by atoms with E-state index in [-0.39, 0.29) is 11.7 Å². The minimum atomic E-state index is -0.305. The van der Waals surface area contributed by atoms with Gasteiger partial charge >= 0.3 is 0 Å². The Labute approximate surface area is 126 Å². The molecule has 0 aliphatic heterocycles. The molecule has 6 heteroatoms. The second-order valence-electron chi connectivity index (χ2n) is 4.65. The minimum Gasteiger partial charge on any atom is -0.492 e. The Morgan fingerprint density at radius 3 is 2.62 bits per heavy atom. The van der Waals surface area contributed by atoms with E-state index in [9.17, 15) is 9.18 Å². The lowest BCUT2D eigenvalue weighted by Gasteiger charge is -2.16. The van der Waals surface area contributed by atoms with Crippen LogP contribution in [-0.4, -0.2) is 31.0 Å². The van der Waals surface area contributed by atoms with Crippen LogP contribution in [0.3, 0.4) is 0 Å². The Morgan fingerprint density at radius 1 is 1.38 bits per heavy atom. The van der Waals surface area contributed by atoms with E-state index in [2.05, 4.69) is 0 Å². The molecule has 1 amide bonds. The van der Waals surface area contributed by atoms with Crippen LogP contribution >= 0.6 is 11.3 Å². The van der Waals surface area contributed by atoms with E-state index in [1.807, 2.05) is 6.92 Å². The molecule has 1 aromatic heterocycles. The third kappa shape index (κ3) is 3.95. The number of anilines is 1. The third-order valence-electron chi connectivity index (χ3n) is 3.02. The van der Waals surface area contributed by atoms with E-state index in [4.69, 9.17) is 10.5 Å². The SMILES string of the molecule is Cc1sc(C(=O)N(C)CCOc2ccc(F)cc2)cc1N. The Morgan fingerprint density at radius 2 is 2.05 bits per heavy atom. The first kappa shape index (κ1) is 15.3. The number of hydrogen-bond donors (Lipinski definition) is 1. The highest BCUT2D eigenvalue weighted by molar-refractivity contribution is 7.14. The predicted octanol–water partition coefficient (Wildman–Crippen LogP) is 2.93. The summed E-state index contributed by atoms with van der Waals surface area (Å²) >= 11 is 1.38. The number of aryl methyl sites for hydroxylation is 1. The van der Waals surface area contributed by atoms with Crippen LogP contribution in [0.4, 0.5) is 10.1 Å². The summed E-state index contributed by atoms with van der Waals surface area (Å²) in [5, 5.41) is 0. The summed E-state index contributed by atoms with van der Waals surface area (Å²) in [5.41, 5.74) is 6.39. The molecule has 0 saturated carbocycles. The molecule has 0 aliphatic carbocycles. The molecular weight excluding hydrogens is 291 g/mol. The van der Waals surface area contributed by atoms with Crippen molar-refractivity contribution in [3.05, 3.63) is 45.9 Å². The number of rotatable bonds is 5. The van der Waals surface area contributed by atoms with Gasteiger partial charge in [-0.3, -0.25) is 4.79 Å². The molecular formula is C15H17FN2O2S. The molecule has 112 valence electrons. The van der Waals surface area contributed by atoms with Crippen molar-refractivity contribution in [2.75, 3.05) is 25.9 Å². The van der Waals surface area contributed by atoms with Gasteiger partial charge in [0.25, 0.3) is 5.91 Å². The summed E-state index contributed by atoms with van der Waals surface area (Å²) < 4.78 is 18.2. The number of likely N-dealkylation sites (N-methyl/N-ethyl adjacent to an activating group) is 1. The fourth-order valence-corrected chi connectivity index (χ4v) is 2.66. The van der Waals surface area contributed by atoms with Gasteiger partial charge in [0.2, 0.25) is 0 Å². The molecule has 2 N–H and O–H groups in total. The fourth-order valence-electron chi connectivity index (χ4n) is 1.72. The van der Waals surface area contributed by atoms with Crippen LogP contribution < -0.4 is 10.5 Å². The van der Waals surface area contributed by atoms with Crippen molar-refractivity contribution in [3.8, 4) is 5.75 Å². The number of carbonyl (C=O) groups excluding carboxylic acids is 1. The van der Waals surface area contributed by atoms with E-state index in [0.717, 1.165) is 4.88 Å². The zero-order chi connectivity index (χ0) is 15.4. The van der Waals surface area contributed by atoms with E-state index in [1.165, 1.54) is 23.5 Å². The molecule has 2 aromatic rings. The molecule has 2 rings (SSSR count). The normalized spacial score (nSPS) is 10.4. The van der Waals surface area contributed by atoms with Gasteiger partial charge in [0.05, 0.1) is 11.4 Å². The van der Waals surface area contributed by atoms with Gasteiger partial charge in [0.1, 0.15) is 18.2 Å². The average molecular weight is 308 g/mol. The highest BCUT2D eigenvalue weighted by Crippen LogP contribution is 2.24. The molecule has 0 radical (unpaired) electrons. The topological polar surface area (TPSA) is 55.6 Å². The highest BCUT2D eigenvalue weighted by Gasteiger charge is 2.15. The van der Waals surface area contributed by atoms with Crippen molar-refractivity contribution in [2.45, 2.75) is 6.92 Å². The van der Waals surface area contributed by atoms with Gasteiger partial charge in [-0.05, 0) is 37.3 Å². The second-order valence-corrected chi connectivity index (χ2v) is 5.91. The van der Waals surface area contributed by atoms with Crippen LogP contribution in [0.2, 0.25) is 0 Å². The van der Waals surface area contributed by atoms with Gasteiger partial charge in [0.15, 0.2) is 0 Å². The molecule has 21 heavy (non-hydrogen) atoms. The smallest absolute Gasteiger partial charge is 0.263 e. The van der Waals surface area contributed by atoms with E-state index >= 15 is 0 Å². The lowest BCUT2D eigenvalue weighted by Crippen LogP contribution is -2.30. The Balaban J connectivity index is 1.85. The molecule has 0 saturated heterocycles. The molecule has 0 fully saturated rings. The van der Waals surface area contributed by atoms with Crippen LogP contribution in [0.5, 0.6) is 5.75 Å². The van der Waals surface area contributed by atoms with Crippen molar-refractivity contribution in [1.29, 1.82) is 0 Å². The highest BCUT2D eigenvalue weighted by atomic mass is 32.1. The zero-order valence-corrected chi connectivity index (χ0v) is 12.7. The number of carbonyl (C=O) groups is 1. The molecule has 0 bridgehead atoms. The summed E-state index contributed by atoms with van der Waals surface area (Å²) in [6, 6.07) is 7.48. The first-order chi connectivity index (χ1) is 9.97. The van der Waals surface area contributed by atoms with Crippen molar-refractivity contribution < 1.29 is 13.9 Å². The molecule has 0 spiro atoms. The number of thiophene rings is 1. The summed E-state index contributed by atoms with van der Waals surface area (Å²) in [6.45, 7) is 2.66. The van der Waals surface area contributed by atoms with Gasteiger partial charge in [0, 0.05) is 17.6 Å². The number of nitrogen functional groups attached to an aromatic ring is 1. The average Bonchev–Trinajstić information content (AvgIpc) is 2.80. The van der Waals surface area contributed by atoms with Crippen molar-refractivity contribution in [2.24, 2.45) is 0 Å². The summed E-state index contributed by atoms with van der Waals surface area (Å²) in [7, 11) is 1.71. The maximum atomic E-state index is 12.7. The van der Waals surface area contributed by atoms with Gasteiger partial charge in [-0.1, -0.05) is 0 Å². The van der Waals surface area contributed by atoms with Gasteiger partial charge in [-0.15, -0.1) is 11.3 Å². The zero-order valence-electron chi connectivity index (χ0n) is 11.9. The molecule has 0 atom stereocenters. The quantitative estimate of drug-likeness (QED) is 0.924. The summed E-state index contributed by atoms with van der Waals surface area (Å²) in [6.07, 6.45) is 0. The van der Waals surface area contributed by atoms with Crippen LogP contribution in [0.15, 0.2) is 30.3 Å². The van der Waals surface area contributed by atoms with Crippen molar-refractivity contribution in [1.82, 2.24) is 4.90 Å². The third-order valence-corrected chi connectivity index (χ3v) is 4.08. The van der Waals surface area contributed by atoms with E-state index in [0.29, 0.717) is 29.5 Å². The number of hydrogen-bond acceptors (Lipinski definition) is 4. The first-order valence-corrected chi connectivity index (χ1v) is 7.29. The Hall–Kier alpha value is -2.08. The molecule has 4 nitrogen and oxygen atoms in total. The second kappa shape index (κ2) is 6.58. The fraction of sp³-hybridized carbons (Fsp3) is 0.267. The number of benzene rings is 1. The Bertz CT molecular complexity index is 606. The van der Waals surface area contributed by atoms with Crippen LogP contribution in [-0.2, 0) is 0 Å². The van der Waals surface area contributed by atoms with Gasteiger partial charge in [-0.25, -0.2) is 4.39 Å². The Kier molecular flexibility index (Phi) is 4.80. The lowest BCUT2D eigenvalue weighted by molar-refractivity contribution is 0.0778. The monoisotopic (exact) mass is 308 g/mol. The van der Waals surface area contributed by atoms with Crippen LogP contribution in [0.25, 0.3) is 0 Å². The lowest BCUT2D eigenvalue weighted by atomic mass is 10.3. The largest absolute Gasteiger partial charge is 0.492 e. The number of ether oxygens (including phenoxy) is 1. The maximum Gasteiger partial charge on any atom is 0.263 e. The standard InChI is InChI=1S/C15H17FN2O2S/c1-10-13(17)9-14(21-10)15(19)18(2)7-8-20-12-5-3-11(16)4-6-12/h3-6,9H,7-8,17H2,1-2H3. The number of amides is 1. The predicted molar refractivity (Wildman–Crippen MR) is 82.3 cm³/mol. The molecule has 0 aliphatic rings. The minimum absolute atomic E-state index is 0.0810. The van der Waals surface area contributed by atoms with Gasteiger partial charge < -0.3 is 15.4 Å². The summed E-state index contributed by atoms with van der Waals surface area (Å²) in [5.74, 6) is 0.191. The van der Waals surface area contributed by atoms with Gasteiger partial charge in [-0.2, -0.15) is 0 Å². The number of nitrogens with two attached hydrogens (primary N) is 1. The van der Waals surface area contributed by atoms with Crippen LogP contribution in [0.1, 0.15) is 14.5 Å². The molecule has 1 heterocycles. The maximum absolute atomic E-state index is 12.7. The molecule has 1 aromatic carbocycles. The van der Waals surface area contributed by atoms with E-state index in [1.54, 1.807) is 30.1 Å². The summed E-state index contributed by atoms with van der Waals surface area (Å²) in [4.78, 5) is 15.3. The van der Waals surface area contributed by atoms with Crippen molar-refractivity contribution in [3.63, 3.8) is 0 Å².